The number of hydrogen-bond donors (Lipinski definition) is 1. The highest BCUT2D eigenvalue weighted by atomic mass is 16.3. The van der Waals surface area contributed by atoms with Crippen LogP contribution < -0.4 is 5.32 Å². The quantitative estimate of drug-likeness (QED) is 0.569. The Labute approximate surface area is 151 Å². The summed E-state index contributed by atoms with van der Waals surface area (Å²) in [5, 5.41) is 2.97. The minimum atomic E-state index is -0.114. The van der Waals surface area contributed by atoms with Gasteiger partial charge in [0.25, 0.3) is 5.91 Å². The Bertz CT molecular complexity index is 1020. The van der Waals surface area contributed by atoms with Crippen LogP contribution in [0, 0.1) is 6.92 Å². The Kier molecular flexibility index (Phi) is 4.35. The topological polar surface area (TPSA) is 60.3 Å². The molecule has 0 fully saturated rings. The van der Waals surface area contributed by atoms with Gasteiger partial charge in [0.05, 0.1) is 18.0 Å². The lowest BCUT2D eigenvalue weighted by Gasteiger charge is -2.12. The van der Waals surface area contributed by atoms with Crippen molar-refractivity contribution in [3.05, 3.63) is 83.6 Å². The second-order valence-corrected chi connectivity index (χ2v) is 6.30. The van der Waals surface area contributed by atoms with Crippen molar-refractivity contribution >= 4 is 17.0 Å². The number of aryl methyl sites for hydroxylation is 1. The highest BCUT2D eigenvalue weighted by molar-refractivity contribution is 5.97. The van der Waals surface area contributed by atoms with E-state index in [-0.39, 0.29) is 5.91 Å². The van der Waals surface area contributed by atoms with Crippen molar-refractivity contribution in [2.75, 3.05) is 6.54 Å². The summed E-state index contributed by atoms with van der Waals surface area (Å²) in [5.74, 6) is 0.742. The zero-order valence-corrected chi connectivity index (χ0v) is 14.6. The van der Waals surface area contributed by atoms with Crippen molar-refractivity contribution in [3.8, 4) is 0 Å². The van der Waals surface area contributed by atoms with Crippen LogP contribution in [0.4, 0.5) is 0 Å². The summed E-state index contributed by atoms with van der Waals surface area (Å²) >= 11 is 0. The largest absolute Gasteiger partial charge is 0.469 e. The summed E-state index contributed by atoms with van der Waals surface area (Å²) in [6.45, 7) is 3.22. The predicted molar refractivity (Wildman–Crippen MR) is 99.2 cm³/mol. The number of carbonyl (C=O) groups excluding carboxylic acids is 1. The van der Waals surface area contributed by atoms with Crippen LogP contribution in [0.2, 0.25) is 0 Å². The molecule has 1 amide bonds. The van der Waals surface area contributed by atoms with E-state index in [4.69, 9.17) is 8.83 Å². The van der Waals surface area contributed by atoms with Crippen LogP contribution in [0.15, 0.2) is 69.9 Å². The lowest BCUT2D eigenvalue weighted by Crippen LogP contribution is -2.28. The van der Waals surface area contributed by atoms with Crippen LogP contribution in [0.3, 0.4) is 0 Å². The fraction of sp³-hybridized carbons (Fsp3) is 0.190. The maximum Gasteiger partial charge on any atom is 0.268 e. The van der Waals surface area contributed by atoms with E-state index in [2.05, 4.69) is 24.4 Å². The molecule has 0 saturated carbocycles. The summed E-state index contributed by atoms with van der Waals surface area (Å²) in [6, 6.07) is 15.6. The molecule has 0 aliphatic rings. The zero-order valence-electron chi connectivity index (χ0n) is 14.6. The van der Waals surface area contributed by atoms with E-state index in [1.54, 1.807) is 18.6 Å². The van der Waals surface area contributed by atoms with Gasteiger partial charge in [-0.2, -0.15) is 0 Å². The third-order valence-corrected chi connectivity index (χ3v) is 4.58. The van der Waals surface area contributed by atoms with E-state index in [1.807, 2.05) is 34.9 Å². The minimum Gasteiger partial charge on any atom is -0.469 e. The minimum absolute atomic E-state index is 0.114. The standard InChI is InChI=1S/C21H20N2O3/c1-15-5-2-3-6-16(15)14-23-18-9-12-26-20(18)13-19(23)21(24)22-10-8-17-7-4-11-25-17/h2-7,9,11-13H,8,10,14H2,1H3,(H,22,24). The van der Waals surface area contributed by atoms with Gasteiger partial charge in [-0.25, -0.2) is 0 Å². The molecule has 132 valence electrons. The van der Waals surface area contributed by atoms with E-state index in [1.165, 1.54) is 11.1 Å². The first-order valence-electron chi connectivity index (χ1n) is 8.64. The highest BCUT2D eigenvalue weighted by Gasteiger charge is 2.18. The van der Waals surface area contributed by atoms with Gasteiger partial charge in [0.2, 0.25) is 0 Å². The summed E-state index contributed by atoms with van der Waals surface area (Å²) in [7, 11) is 0. The van der Waals surface area contributed by atoms with E-state index in [0.29, 0.717) is 25.2 Å². The molecule has 0 radical (unpaired) electrons. The molecule has 0 atom stereocenters. The van der Waals surface area contributed by atoms with Crippen LogP contribution in [0.5, 0.6) is 0 Å². The molecule has 0 spiro atoms. The first-order chi connectivity index (χ1) is 12.7. The Hall–Kier alpha value is -3.21. The second kappa shape index (κ2) is 6.96. The van der Waals surface area contributed by atoms with Gasteiger partial charge in [-0.1, -0.05) is 24.3 Å². The summed E-state index contributed by atoms with van der Waals surface area (Å²) in [5.41, 5.74) is 4.61. The number of hydrogen-bond acceptors (Lipinski definition) is 3. The number of nitrogens with one attached hydrogen (secondary N) is 1. The van der Waals surface area contributed by atoms with Crippen molar-refractivity contribution in [2.45, 2.75) is 19.9 Å². The first-order valence-corrected chi connectivity index (χ1v) is 8.64. The fourth-order valence-electron chi connectivity index (χ4n) is 3.14. The Morgan fingerprint density at radius 1 is 1.08 bits per heavy atom. The molecule has 1 aromatic carbocycles. The van der Waals surface area contributed by atoms with Gasteiger partial charge in [0.1, 0.15) is 11.5 Å². The van der Waals surface area contributed by atoms with E-state index >= 15 is 0 Å². The zero-order chi connectivity index (χ0) is 17.9. The molecular weight excluding hydrogens is 328 g/mol. The average Bonchev–Trinajstić information content (AvgIpc) is 3.35. The molecule has 26 heavy (non-hydrogen) atoms. The molecule has 3 aromatic heterocycles. The molecule has 1 N–H and O–H groups in total. The third-order valence-electron chi connectivity index (χ3n) is 4.58. The first kappa shape index (κ1) is 16.3. The number of nitrogens with zero attached hydrogens (tertiary/aromatic N) is 1. The van der Waals surface area contributed by atoms with Crippen LogP contribution >= 0.6 is 0 Å². The molecule has 4 aromatic rings. The maximum atomic E-state index is 12.7. The van der Waals surface area contributed by atoms with Crippen LogP contribution in [-0.2, 0) is 13.0 Å². The van der Waals surface area contributed by atoms with Gasteiger partial charge in [0, 0.05) is 31.6 Å². The van der Waals surface area contributed by atoms with E-state index in [0.717, 1.165) is 16.9 Å². The van der Waals surface area contributed by atoms with Gasteiger partial charge < -0.3 is 18.7 Å². The van der Waals surface area contributed by atoms with Gasteiger partial charge in [-0.15, -0.1) is 0 Å². The molecule has 5 nitrogen and oxygen atoms in total. The SMILES string of the molecule is Cc1ccccc1Cn1c(C(=O)NCCc2ccco2)cc2occc21. The van der Waals surface area contributed by atoms with Crippen molar-refractivity contribution in [2.24, 2.45) is 0 Å². The summed E-state index contributed by atoms with van der Waals surface area (Å²) in [4.78, 5) is 12.7. The summed E-state index contributed by atoms with van der Waals surface area (Å²) in [6.07, 6.45) is 3.95. The van der Waals surface area contributed by atoms with Gasteiger partial charge in [0.15, 0.2) is 5.58 Å². The number of aromatic nitrogens is 1. The van der Waals surface area contributed by atoms with Gasteiger partial charge in [-0.05, 0) is 30.2 Å². The Morgan fingerprint density at radius 3 is 2.77 bits per heavy atom. The molecule has 0 saturated heterocycles. The molecule has 0 aliphatic heterocycles. The lowest BCUT2D eigenvalue weighted by molar-refractivity contribution is 0.0945. The average molecular weight is 348 g/mol. The lowest BCUT2D eigenvalue weighted by atomic mass is 10.1. The van der Waals surface area contributed by atoms with Crippen LogP contribution in [0.25, 0.3) is 11.1 Å². The summed E-state index contributed by atoms with van der Waals surface area (Å²) < 4.78 is 12.8. The van der Waals surface area contributed by atoms with E-state index < -0.39 is 0 Å². The van der Waals surface area contributed by atoms with Crippen molar-refractivity contribution in [1.82, 2.24) is 9.88 Å². The Balaban J connectivity index is 1.57. The highest BCUT2D eigenvalue weighted by Crippen LogP contribution is 2.23. The fourth-order valence-corrected chi connectivity index (χ4v) is 3.14. The van der Waals surface area contributed by atoms with Crippen molar-refractivity contribution in [3.63, 3.8) is 0 Å². The van der Waals surface area contributed by atoms with Crippen molar-refractivity contribution in [1.29, 1.82) is 0 Å². The maximum absolute atomic E-state index is 12.7. The molecule has 3 heterocycles. The number of fused-ring (bicyclic) bond motifs is 1. The van der Waals surface area contributed by atoms with Gasteiger partial charge >= 0.3 is 0 Å². The number of amides is 1. The van der Waals surface area contributed by atoms with Crippen LogP contribution in [-0.4, -0.2) is 17.0 Å². The number of benzene rings is 1. The third kappa shape index (κ3) is 3.16. The molecule has 0 bridgehead atoms. The predicted octanol–water partition coefficient (Wildman–Crippen LogP) is 4.16. The smallest absolute Gasteiger partial charge is 0.268 e. The van der Waals surface area contributed by atoms with Gasteiger partial charge in [-0.3, -0.25) is 4.79 Å². The number of carbonyl (C=O) groups is 1. The molecule has 5 heteroatoms. The normalized spacial score (nSPS) is 11.1. The molecule has 4 rings (SSSR count). The Morgan fingerprint density at radius 2 is 1.96 bits per heavy atom. The van der Waals surface area contributed by atoms with Crippen LogP contribution in [0.1, 0.15) is 27.4 Å². The second-order valence-electron chi connectivity index (χ2n) is 6.30. The van der Waals surface area contributed by atoms with Crippen molar-refractivity contribution < 1.29 is 13.6 Å². The number of furan rings is 2. The molecule has 0 unspecified atom stereocenters. The van der Waals surface area contributed by atoms with E-state index in [9.17, 15) is 4.79 Å². The molecular formula is C21H20N2O3. The molecule has 0 aliphatic carbocycles. The monoisotopic (exact) mass is 348 g/mol. The number of rotatable bonds is 6.